The molecule has 0 aromatic heterocycles. The van der Waals surface area contributed by atoms with Gasteiger partial charge in [0.05, 0.1) is 12.6 Å². The minimum absolute atomic E-state index is 0.0127. The lowest BCUT2D eigenvalue weighted by atomic mass is 9.80. The number of carbonyl (C=O) groups excluding carboxylic acids is 2. The van der Waals surface area contributed by atoms with Crippen LogP contribution in [0.2, 0.25) is 0 Å². The van der Waals surface area contributed by atoms with Crippen LogP contribution in [0, 0.1) is 16.7 Å². The Balaban J connectivity index is 2.77. The highest BCUT2D eigenvalue weighted by Gasteiger charge is 2.40. The second kappa shape index (κ2) is 6.39. The summed E-state index contributed by atoms with van der Waals surface area (Å²) < 4.78 is 0. The van der Waals surface area contributed by atoms with E-state index in [4.69, 9.17) is 0 Å². The lowest BCUT2D eigenvalue weighted by molar-refractivity contribution is -0.141. The molecule has 1 rings (SSSR count). The Morgan fingerprint density at radius 3 is 2.28 bits per heavy atom. The van der Waals surface area contributed by atoms with E-state index in [0.29, 0.717) is 12.8 Å². The monoisotopic (exact) mass is 251 g/mol. The van der Waals surface area contributed by atoms with Crippen molar-refractivity contribution in [2.24, 2.45) is 5.41 Å². The summed E-state index contributed by atoms with van der Waals surface area (Å²) in [6.07, 6.45) is 5.20. The predicted octanol–water partition coefficient (Wildman–Crippen LogP) is 1.05. The molecule has 0 atom stereocenters. The van der Waals surface area contributed by atoms with Gasteiger partial charge in [-0.15, -0.1) is 0 Å². The minimum Gasteiger partial charge on any atom is -0.358 e. The van der Waals surface area contributed by atoms with Crippen molar-refractivity contribution in [3.8, 4) is 6.07 Å². The first-order valence-electron chi connectivity index (χ1n) is 6.43. The van der Waals surface area contributed by atoms with Crippen LogP contribution >= 0.6 is 0 Å². The average molecular weight is 251 g/mol. The maximum absolute atomic E-state index is 12.4. The molecule has 1 N–H and O–H groups in total. The summed E-state index contributed by atoms with van der Waals surface area (Å²) in [7, 11) is 3.12. The summed E-state index contributed by atoms with van der Waals surface area (Å²) in [5, 5.41) is 11.9. The zero-order valence-corrected chi connectivity index (χ0v) is 11.2. The maximum atomic E-state index is 12.4. The smallest absolute Gasteiger partial charge is 0.243 e. The summed E-state index contributed by atoms with van der Waals surface area (Å²) in [5.41, 5.74) is -0.917. The number of carbonyl (C=O) groups is 2. The number of rotatable bonds is 3. The molecule has 0 heterocycles. The number of hydrogen-bond acceptors (Lipinski definition) is 3. The molecule has 18 heavy (non-hydrogen) atoms. The Labute approximate surface area is 108 Å². The molecule has 0 bridgehead atoms. The summed E-state index contributed by atoms with van der Waals surface area (Å²) >= 11 is 0. The summed E-state index contributed by atoms with van der Waals surface area (Å²) in [6, 6.07) is 2.21. The first-order valence-corrected chi connectivity index (χ1v) is 6.43. The van der Waals surface area contributed by atoms with Crippen LogP contribution in [0.15, 0.2) is 0 Å². The molecule has 1 aliphatic carbocycles. The van der Waals surface area contributed by atoms with E-state index in [9.17, 15) is 14.9 Å². The van der Waals surface area contributed by atoms with E-state index in [2.05, 4.69) is 11.4 Å². The van der Waals surface area contributed by atoms with Gasteiger partial charge in [-0.2, -0.15) is 5.26 Å². The Hall–Kier alpha value is -1.57. The molecule has 0 spiro atoms. The molecule has 0 radical (unpaired) electrons. The molecular weight excluding hydrogens is 230 g/mol. The predicted molar refractivity (Wildman–Crippen MR) is 67.5 cm³/mol. The fourth-order valence-corrected chi connectivity index (χ4v) is 2.44. The number of nitriles is 1. The van der Waals surface area contributed by atoms with Crippen molar-refractivity contribution in [3.63, 3.8) is 0 Å². The van der Waals surface area contributed by atoms with Crippen LogP contribution in [0.3, 0.4) is 0 Å². The van der Waals surface area contributed by atoms with Gasteiger partial charge in [-0.25, -0.2) is 0 Å². The van der Waals surface area contributed by atoms with Crippen LogP contribution in [0.1, 0.15) is 38.5 Å². The number of likely N-dealkylation sites (N-methyl/N-ethyl adjacent to an activating group) is 2. The van der Waals surface area contributed by atoms with E-state index in [1.165, 1.54) is 11.9 Å². The largest absolute Gasteiger partial charge is 0.358 e. The average Bonchev–Trinajstić information content (AvgIpc) is 2.63. The molecule has 0 aromatic rings. The van der Waals surface area contributed by atoms with Gasteiger partial charge < -0.3 is 10.2 Å². The van der Waals surface area contributed by atoms with Crippen LogP contribution < -0.4 is 5.32 Å². The van der Waals surface area contributed by atoms with Crippen LogP contribution in [-0.2, 0) is 9.59 Å². The van der Waals surface area contributed by atoms with Gasteiger partial charge in [-0.1, -0.05) is 25.7 Å². The molecule has 1 saturated carbocycles. The van der Waals surface area contributed by atoms with Gasteiger partial charge in [0.1, 0.15) is 5.41 Å². The molecule has 5 heteroatoms. The number of hydrogen-bond donors (Lipinski definition) is 1. The van der Waals surface area contributed by atoms with E-state index < -0.39 is 5.41 Å². The molecule has 5 nitrogen and oxygen atoms in total. The van der Waals surface area contributed by atoms with Gasteiger partial charge in [0.25, 0.3) is 0 Å². The lowest BCUT2D eigenvalue weighted by Crippen LogP contribution is -2.45. The molecule has 2 amide bonds. The Kier molecular flexibility index (Phi) is 5.14. The molecule has 100 valence electrons. The van der Waals surface area contributed by atoms with E-state index in [-0.39, 0.29) is 18.4 Å². The third-order valence-corrected chi connectivity index (χ3v) is 3.59. The Morgan fingerprint density at radius 1 is 1.28 bits per heavy atom. The maximum Gasteiger partial charge on any atom is 0.243 e. The van der Waals surface area contributed by atoms with Gasteiger partial charge in [-0.3, -0.25) is 9.59 Å². The van der Waals surface area contributed by atoms with Crippen LogP contribution in [0.25, 0.3) is 0 Å². The fourth-order valence-electron chi connectivity index (χ4n) is 2.44. The second-order valence-corrected chi connectivity index (χ2v) is 4.94. The number of amides is 2. The van der Waals surface area contributed by atoms with Crippen LogP contribution in [0.4, 0.5) is 0 Å². The van der Waals surface area contributed by atoms with Crippen molar-refractivity contribution in [1.29, 1.82) is 5.26 Å². The normalized spacial score (nSPS) is 18.3. The number of nitrogens with zero attached hydrogens (tertiary/aromatic N) is 2. The standard InChI is InChI=1S/C13H21N3O2/c1-15-11(17)9-16(2)12(18)13(10-14)7-5-3-4-6-8-13/h3-9H2,1-2H3,(H,15,17). The van der Waals surface area contributed by atoms with Gasteiger partial charge in [0, 0.05) is 14.1 Å². The lowest BCUT2D eigenvalue weighted by Gasteiger charge is -2.28. The highest BCUT2D eigenvalue weighted by atomic mass is 16.2. The third kappa shape index (κ3) is 3.22. The zero-order chi connectivity index (χ0) is 13.6. The molecule has 0 unspecified atom stereocenters. The van der Waals surface area contributed by atoms with Gasteiger partial charge in [0.2, 0.25) is 11.8 Å². The summed E-state index contributed by atoms with van der Waals surface area (Å²) in [5.74, 6) is -0.428. The fraction of sp³-hybridized carbons (Fsp3) is 0.769. The van der Waals surface area contributed by atoms with E-state index in [1.54, 1.807) is 7.05 Å². The topological polar surface area (TPSA) is 73.2 Å². The first-order chi connectivity index (χ1) is 8.55. The van der Waals surface area contributed by atoms with Crippen LogP contribution in [-0.4, -0.2) is 37.4 Å². The molecule has 1 aliphatic rings. The summed E-state index contributed by atoms with van der Waals surface area (Å²) in [6.45, 7) is 0.0127. The van der Waals surface area contributed by atoms with Gasteiger partial charge in [0.15, 0.2) is 0 Å². The molecule has 0 saturated heterocycles. The van der Waals surface area contributed by atoms with Gasteiger partial charge in [-0.05, 0) is 12.8 Å². The Morgan fingerprint density at radius 2 is 1.83 bits per heavy atom. The number of nitrogens with one attached hydrogen (secondary N) is 1. The first kappa shape index (κ1) is 14.5. The molecule has 0 aromatic carbocycles. The van der Waals surface area contributed by atoms with E-state index >= 15 is 0 Å². The quantitative estimate of drug-likeness (QED) is 0.762. The van der Waals surface area contributed by atoms with Crippen LogP contribution in [0.5, 0.6) is 0 Å². The molecule has 1 fully saturated rings. The zero-order valence-electron chi connectivity index (χ0n) is 11.2. The van der Waals surface area contributed by atoms with Crippen molar-refractivity contribution >= 4 is 11.8 Å². The molecular formula is C13H21N3O2. The third-order valence-electron chi connectivity index (χ3n) is 3.59. The summed E-state index contributed by atoms with van der Waals surface area (Å²) in [4.78, 5) is 25.0. The van der Waals surface area contributed by atoms with Crippen molar-refractivity contribution < 1.29 is 9.59 Å². The Bertz CT molecular complexity index is 352. The highest BCUT2D eigenvalue weighted by Crippen LogP contribution is 2.35. The SMILES string of the molecule is CNC(=O)CN(C)C(=O)C1(C#N)CCCCCC1. The van der Waals surface area contributed by atoms with Crippen molar-refractivity contribution in [2.75, 3.05) is 20.6 Å². The van der Waals surface area contributed by atoms with Crippen molar-refractivity contribution in [3.05, 3.63) is 0 Å². The van der Waals surface area contributed by atoms with Gasteiger partial charge >= 0.3 is 0 Å². The molecule has 0 aliphatic heterocycles. The van der Waals surface area contributed by atoms with E-state index in [0.717, 1.165) is 25.7 Å². The minimum atomic E-state index is -0.917. The second-order valence-electron chi connectivity index (χ2n) is 4.94. The van der Waals surface area contributed by atoms with Crippen molar-refractivity contribution in [2.45, 2.75) is 38.5 Å². The van der Waals surface area contributed by atoms with Crippen molar-refractivity contribution in [1.82, 2.24) is 10.2 Å². The van der Waals surface area contributed by atoms with E-state index in [1.807, 2.05) is 0 Å². The highest BCUT2D eigenvalue weighted by molar-refractivity contribution is 5.89.